The highest BCUT2D eigenvalue weighted by molar-refractivity contribution is 9.11. The van der Waals surface area contributed by atoms with Crippen LogP contribution >= 0.6 is 15.9 Å². The molecule has 0 saturated heterocycles. The Kier molecular flexibility index (Phi) is 3.29. The minimum atomic E-state index is -1.31. The Morgan fingerprint density at radius 3 is 2.25 bits per heavy atom. The number of halogens is 1. The highest BCUT2D eigenvalue weighted by atomic mass is 79.9. The summed E-state index contributed by atoms with van der Waals surface area (Å²) >= 11 is 3.34. The highest BCUT2D eigenvalue weighted by Crippen LogP contribution is 2.05. The Morgan fingerprint density at radius 1 is 1.17 bits per heavy atom. The molecule has 0 aliphatic heterocycles. The summed E-state index contributed by atoms with van der Waals surface area (Å²) in [6, 6.07) is 10.7. The van der Waals surface area contributed by atoms with Crippen molar-refractivity contribution in [2.24, 2.45) is 0 Å². The van der Waals surface area contributed by atoms with Crippen molar-refractivity contribution in [1.29, 1.82) is 0 Å². The molecule has 0 aliphatic rings. The van der Waals surface area contributed by atoms with Crippen LogP contribution in [0.4, 0.5) is 0 Å². The van der Waals surface area contributed by atoms with Crippen molar-refractivity contribution in [3.8, 4) is 0 Å². The lowest BCUT2D eigenvalue weighted by Crippen LogP contribution is -2.39. The van der Waals surface area contributed by atoms with Crippen molar-refractivity contribution in [3.63, 3.8) is 0 Å². The average Bonchev–Trinajstić information content (AvgIpc) is 2.06. The smallest absolute Gasteiger partial charge is 0.0833 e. The SMILES string of the molecule is C[Si](C)(/C=C/Br)c1ccccc1. The van der Waals surface area contributed by atoms with Crippen LogP contribution < -0.4 is 5.19 Å². The fourth-order valence-corrected chi connectivity index (χ4v) is 4.66. The molecule has 0 unspecified atom stereocenters. The van der Waals surface area contributed by atoms with E-state index in [1.165, 1.54) is 5.19 Å². The van der Waals surface area contributed by atoms with Crippen molar-refractivity contribution in [2.75, 3.05) is 0 Å². The number of rotatable bonds is 2. The van der Waals surface area contributed by atoms with Crippen molar-refractivity contribution in [3.05, 3.63) is 41.0 Å². The minimum absolute atomic E-state index is 1.31. The van der Waals surface area contributed by atoms with Crippen LogP contribution in [-0.4, -0.2) is 8.07 Å². The van der Waals surface area contributed by atoms with Crippen LogP contribution in [-0.2, 0) is 0 Å². The van der Waals surface area contributed by atoms with Gasteiger partial charge in [-0.25, -0.2) is 0 Å². The predicted octanol–water partition coefficient (Wildman–Crippen LogP) is 3.05. The third-order valence-electron chi connectivity index (χ3n) is 2.00. The molecule has 0 spiro atoms. The van der Waals surface area contributed by atoms with Crippen molar-refractivity contribution in [1.82, 2.24) is 0 Å². The fourth-order valence-electron chi connectivity index (χ4n) is 1.12. The third kappa shape index (κ3) is 2.32. The zero-order valence-electron chi connectivity index (χ0n) is 7.42. The van der Waals surface area contributed by atoms with E-state index in [9.17, 15) is 0 Å². The van der Waals surface area contributed by atoms with Gasteiger partial charge in [-0.3, -0.25) is 0 Å². The first-order chi connectivity index (χ1) is 5.67. The van der Waals surface area contributed by atoms with E-state index in [0.29, 0.717) is 0 Å². The summed E-state index contributed by atoms with van der Waals surface area (Å²) in [7, 11) is -1.31. The van der Waals surface area contributed by atoms with E-state index in [4.69, 9.17) is 0 Å². The molecule has 0 radical (unpaired) electrons. The van der Waals surface area contributed by atoms with E-state index >= 15 is 0 Å². The van der Waals surface area contributed by atoms with Gasteiger partial charge >= 0.3 is 0 Å². The Labute approximate surface area is 83.5 Å². The second-order valence-corrected chi connectivity index (χ2v) is 8.26. The molecule has 1 rings (SSSR count). The normalized spacial score (nSPS) is 12.2. The number of hydrogen-bond donors (Lipinski definition) is 0. The molecule has 0 amide bonds. The summed E-state index contributed by atoms with van der Waals surface area (Å²) in [6.07, 6.45) is 0. The molecule has 0 heterocycles. The van der Waals surface area contributed by atoms with E-state index < -0.39 is 8.07 Å². The first-order valence-corrected chi connectivity index (χ1v) is 7.99. The van der Waals surface area contributed by atoms with Crippen LogP contribution in [0.1, 0.15) is 0 Å². The summed E-state index contributed by atoms with van der Waals surface area (Å²) < 4.78 is 0. The second-order valence-electron chi connectivity index (χ2n) is 3.38. The summed E-state index contributed by atoms with van der Waals surface area (Å²) in [6.45, 7) is 4.67. The number of hydrogen-bond acceptors (Lipinski definition) is 0. The van der Waals surface area contributed by atoms with Gasteiger partial charge in [0.25, 0.3) is 0 Å². The van der Waals surface area contributed by atoms with Crippen molar-refractivity contribution in [2.45, 2.75) is 13.1 Å². The maximum atomic E-state index is 3.34. The Morgan fingerprint density at radius 2 is 1.75 bits per heavy atom. The monoisotopic (exact) mass is 240 g/mol. The van der Waals surface area contributed by atoms with Crippen LogP contribution in [0.3, 0.4) is 0 Å². The van der Waals surface area contributed by atoms with E-state index in [1.54, 1.807) is 0 Å². The van der Waals surface area contributed by atoms with E-state index in [2.05, 4.69) is 65.1 Å². The molecule has 0 aromatic heterocycles. The van der Waals surface area contributed by atoms with Gasteiger partial charge in [0.2, 0.25) is 0 Å². The van der Waals surface area contributed by atoms with E-state index in [0.717, 1.165) is 0 Å². The molecule has 0 aliphatic carbocycles. The lowest BCUT2D eigenvalue weighted by Gasteiger charge is -2.17. The average molecular weight is 241 g/mol. The molecule has 1 aromatic carbocycles. The summed E-state index contributed by atoms with van der Waals surface area (Å²) in [5, 5.41) is 1.47. The van der Waals surface area contributed by atoms with Gasteiger partial charge in [-0.05, 0) is 4.99 Å². The fraction of sp³-hybridized carbons (Fsp3) is 0.200. The molecule has 0 atom stereocenters. The van der Waals surface area contributed by atoms with E-state index in [-0.39, 0.29) is 0 Å². The lowest BCUT2D eigenvalue weighted by atomic mass is 10.4. The summed E-state index contributed by atoms with van der Waals surface area (Å²) in [4.78, 5) is 1.98. The molecule has 2 heteroatoms. The van der Waals surface area contributed by atoms with Gasteiger partial charge in [0, 0.05) is 0 Å². The first kappa shape index (κ1) is 9.74. The standard InChI is InChI=1S/C10H13BrSi/c1-12(2,9-8-11)10-6-4-3-5-7-10/h3-9H,1-2H3/b9-8+. The summed E-state index contributed by atoms with van der Waals surface area (Å²) in [5.41, 5.74) is 2.28. The van der Waals surface area contributed by atoms with Gasteiger partial charge in [0.05, 0.1) is 0 Å². The molecular formula is C10H13BrSi. The van der Waals surface area contributed by atoms with Crippen LogP contribution in [0.2, 0.25) is 13.1 Å². The molecule has 64 valence electrons. The topological polar surface area (TPSA) is 0 Å². The molecule has 1 aromatic rings. The zero-order chi connectivity index (χ0) is 9.03. The maximum absolute atomic E-state index is 3.34. The molecule has 0 N–H and O–H groups in total. The summed E-state index contributed by atoms with van der Waals surface area (Å²) in [5.74, 6) is 0. The van der Waals surface area contributed by atoms with Gasteiger partial charge in [0.1, 0.15) is 8.07 Å². The molecule has 12 heavy (non-hydrogen) atoms. The largest absolute Gasteiger partial charge is 0.104 e. The molecular weight excluding hydrogens is 228 g/mol. The highest BCUT2D eigenvalue weighted by Gasteiger charge is 2.18. The van der Waals surface area contributed by atoms with Crippen LogP contribution in [0.25, 0.3) is 0 Å². The molecule has 0 bridgehead atoms. The first-order valence-electron chi connectivity index (χ1n) is 4.00. The predicted molar refractivity (Wildman–Crippen MR) is 61.6 cm³/mol. The van der Waals surface area contributed by atoms with Crippen molar-refractivity contribution >= 4 is 29.2 Å². The molecule has 0 nitrogen and oxygen atoms in total. The number of benzene rings is 1. The van der Waals surface area contributed by atoms with Crippen LogP contribution in [0.5, 0.6) is 0 Å². The zero-order valence-corrected chi connectivity index (χ0v) is 10.0. The quantitative estimate of drug-likeness (QED) is 0.698. The van der Waals surface area contributed by atoms with Gasteiger partial charge in [0.15, 0.2) is 0 Å². The minimum Gasteiger partial charge on any atom is -0.0833 e. The maximum Gasteiger partial charge on any atom is 0.104 e. The third-order valence-corrected chi connectivity index (χ3v) is 5.57. The second kappa shape index (κ2) is 4.05. The Hall–Kier alpha value is -0.343. The van der Waals surface area contributed by atoms with Crippen LogP contribution in [0.15, 0.2) is 41.0 Å². The molecule has 0 saturated carbocycles. The van der Waals surface area contributed by atoms with Gasteiger partial charge in [-0.2, -0.15) is 0 Å². The lowest BCUT2D eigenvalue weighted by molar-refractivity contribution is 1.71. The van der Waals surface area contributed by atoms with Crippen molar-refractivity contribution < 1.29 is 0 Å². The van der Waals surface area contributed by atoms with Gasteiger partial charge in [-0.15, -0.1) is 0 Å². The Bertz CT molecular complexity index is 264. The van der Waals surface area contributed by atoms with Gasteiger partial charge < -0.3 is 0 Å². The van der Waals surface area contributed by atoms with Gasteiger partial charge in [-0.1, -0.05) is 70.2 Å². The van der Waals surface area contributed by atoms with E-state index in [1.807, 2.05) is 4.99 Å². The van der Waals surface area contributed by atoms with Crippen LogP contribution in [0, 0.1) is 0 Å². The molecule has 0 fully saturated rings. The Balaban J connectivity index is 2.97.